The quantitative estimate of drug-likeness (QED) is 0.794. The van der Waals surface area contributed by atoms with Crippen LogP contribution in [0.1, 0.15) is 29.6 Å². The molecule has 0 bridgehead atoms. The Bertz CT molecular complexity index is 453. The van der Waals surface area contributed by atoms with E-state index in [2.05, 4.69) is 37.2 Å². The van der Waals surface area contributed by atoms with Crippen molar-refractivity contribution < 1.29 is 9.18 Å². The van der Waals surface area contributed by atoms with Crippen molar-refractivity contribution in [1.82, 2.24) is 5.32 Å². The summed E-state index contributed by atoms with van der Waals surface area (Å²) in [5.74, 6) is -0.149. The van der Waals surface area contributed by atoms with Crippen LogP contribution < -0.4 is 5.32 Å². The average molecular weight is 379 g/mol. The smallest absolute Gasteiger partial charge is 0.251 e. The SMILES string of the molecule is O=C(NCC1CCCC1Br)c1ccc(Br)c(F)c1. The Balaban J connectivity index is 1.93. The second-order valence-corrected chi connectivity index (χ2v) is 6.58. The molecule has 0 aromatic heterocycles. The lowest BCUT2D eigenvalue weighted by Crippen LogP contribution is -2.31. The van der Waals surface area contributed by atoms with Gasteiger partial charge in [-0.15, -0.1) is 0 Å². The van der Waals surface area contributed by atoms with Gasteiger partial charge in [-0.2, -0.15) is 0 Å². The molecule has 2 unspecified atom stereocenters. The Morgan fingerprint density at radius 1 is 1.44 bits per heavy atom. The number of benzene rings is 1. The van der Waals surface area contributed by atoms with Gasteiger partial charge in [0.1, 0.15) is 5.82 Å². The Labute approximate surface area is 123 Å². The molecule has 1 fully saturated rings. The average Bonchev–Trinajstić information content (AvgIpc) is 2.75. The number of amides is 1. The van der Waals surface area contributed by atoms with Crippen molar-refractivity contribution in [3.05, 3.63) is 34.1 Å². The van der Waals surface area contributed by atoms with E-state index in [4.69, 9.17) is 0 Å². The van der Waals surface area contributed by atoms with E-state index in [0.29, 0.717) is 27.3 Å². The van der Waals surface area contributed by atoms with E-state index in [9.17, 15) is 9.18 Å². The van der Waals surface area contributed by atoms with Crippen LogP contribution in [0, 0.1) is 11.7 Å². The third-order valence-electron chi connectivity index (χ3n) is 3.27. The number of rotatable bonds is 3. The van der Waals surface area contributed by atoms with Gasteiger partial charge in [-0.05, 0) is 52.9 Å². The van der Waals surface area contributed by atoms with Crippen LogP contribution in [0.5, 0.6) is 0 Å². The zero-order valence-electron chi connectivity index (χ0n) is 9.76. The molecule has 2 atom stereocenters. The maximum absolute atomic E-state index is 13.3. The molecule has 5 heteroatoms. The molecule has 1 saturated carbocycles. The largest absolute Gasteiger partial charge is 0.352 e. The summed E-state index contributed by atoms with van der Waals surface area (Å²) in [6.07, 6.45) is 3.49. The lowest BCUT2D eigenvalue weighted by atomic mass is 10.1. The molecule has 0 spiro atoms. The number of hydrogen-bond acceptors (Lipinski definition) is 1. The molecule has 1 aromatic carbocycles. The standard InChI is InChI=1S/C13H14Br2FNO/c14-10-3-1-2-9(10)7-17-13(18)8-4-5-11(15)12(16)6-8/h4-6,9-10H,1-3,7H2,(H,17,18). The molecule has 0 radical (unpaired) electrons. The van der Waals surface area contributed by atoms with Crippen molar-refractivity contribution in [3.8, 4) is 0 Å². The highest BCUT2D eigenvalue weighted by molar-refractivity contribution is 9.10. The maximum atomic E-state index is 13.3. The minimum atomic E-state index is -0.415. The number of hydrogen-bond donors (Lipinski definition) is 1. The van der Waals surface area contributed by atoms with E-state index in [-0.39, 0.29) is 5.91 Å². The summed E-state index contributed by atoms with van der Waals surface area (Å²) < 4.78 is 13.7. The molecule has 0 heterocycles. The fourth-order valence-electron chi connectivity index (χ4n) is 2.18. The van der Waals surface area contributed by atoms with Crippen LogP contribution in [0.4, 0.5) is 4.39 Å². The van der Waals surface area contributed by atoms with Crippen molar-refractivity contribution in [2.45, 2.75) is 24.1 Å². The molecular formula is C13H14Br2FNO. The van der Waals surface area contributed by atoms with E-state index in [1.165, 1.54) is 12.5 Å². The van der Waals surface area contributed by atoms with Gasteiger partial charge in [0.15, 0.2) is 0 Å². The third kappa shape index (κ3) is 3.32. The van der Waals surface area contributed by atoms with Crippen LogP contribution in [0.3, 0.4) is 0 Å². The normalized spacial score (nSPS) is 23.1. The van der Waals surface area contributed by atoms with Crippen LogP contribution in [-0.2, 0) is 0 Å². The molecule has 1 aliphatic rings. The molecule has 0 saturated heterocycles. The number of nitrogens with one attached hydrogen (secondary N) is 1. The highest BCUT2D eigenvalue weighted by atomic mass is 79.9. The van der Waals surface area contributed by atoms with E-state index < -0.39 is 5.82 Å². The summed E-state index contributed by atoms with van der Waals surface area (Å²) in [6.45, 7) is 0.645. The first-order valence-electron chi connectivity index (χ1n) is 5.95. The topological polar surface area (TPSA) is 29.1 Å². The van der Waals surface area contributed by atoms with Crippen LogP contribution >= 0.6 is 31.9 Å². The van der Waals surface area contributed by atoms with Crippen LogP contribution in [0.15, 0.2) is 22.7 Å². The molecule has 1 aliphatic carbocycles. The zero-order chi connectivity index (χ0) is 13.1. The van der Waals surface area contributed by atoms with Gasteiger partial charge in [0, 0.05) is 16.9 Å². The molecule has 2 nitrogen and oxygen atoms in total. The highest BCUT2D eigenvalue weighted by Gasteiger charge is 2.25. The number of halogens is 3. The molecule has 1 N–H and O–H groups in total. The monoisotopic (exact) mass is 377 g/mol. The summed E-state index contributed by atoms with van der Waals surface area (Å²) in [5, 5.41) is 2.87. The molecular weight excluding hydrogens is 365 g/mol. The van der Waals surface area contributed by atoms with Gasteiger partial charge >= 0.3 is 0 Å². The fraction of sp³-hybridized carbons (Fsp3) is 0.462. The first kappa shape index (κ1) is 14.0. The molecule has 0 aliphatic heterocycles. The second kappa shape index (κ2) is 6.15. The van der Waals surface area contributed by atoms with Gasteiger partial charge in [0.25, 0.3) is 5.91 Å². The van der Waals surface area contributed by atoms with Gasteiger partial charge in [0.2, 0.25) is 0 Å². The predicted octanol–water partition coefficient (Wildman–Crippen LogP) is 3.88. The van der Waals surface area contributed by atoms with Gasteiger partial charge in [-0.3, -0.25) is 4.79 Å². The minimum Gasteiger partial charge on any atom is -0.352 e. The molecule has 2 rings (SSSR count). The van der Waals surface area contributed by atoms with Gasteiger partial charge in [-0.25, -0.2) is 4.39 Å². The predicted molar refractivity (Wildman–Crippen MR) is 76.5 cm³/mol. The Hall–Kier alpha value is -0.420. The van der Waals surface area contributed by atoms with E-state index in [1.807, 2.05) is 0 Å². The first-order chi connectivity index (χ1) is 8.58. The van der Waals surface area contributed by atoms with Crippen LogP contribution in [0.25, 0.3) is 0 Å². The zero-order valence-corrected chi connectivity index (χ0v) is 12.9. The van der Waals surface area contributed by atoms with Crippen molar-refractivity contribution in [3.63, 3.8) is 0 Å². The van der Waals surface area contributed by atoms with E-state index >= 15 is 0 Å². The summed E-state index contributed by atoms with van der Waals surface area (Å²) in [5.41, 5.74) is 0.361. The summed E-state index contributed by atoms with van der Waals surface area (Å²) >= 11 is 6.68. The lowest BCUT2D eigenvalue weighted by molar-refractivity contribution is 0.0947. The summed E-state index contributed by atoms with van der Waals surface area (Å²) in [4.78, 5) is 12.3. The Morgan fingerprint density at radius 2 is 2.22 bits per heavy atom. The fourth-order valence-corrected chi connectivity index (χ4v) is 3.21. The van der Waals surface area contributed by atoms with E-state index in [0.717, 1.165) is 12.8 Å². The van der Waals surface area contributed by atoms with Crippen molar-refractivity contribution in [2.75, 3.05) is 6.54 Å². The number of carbonyl (C=O) groups is 1. The summed E-state index contributed by atoms with van der Waals surface area (Å²) in [7, 11) is 0. The summed E-state index contributed by atoms with van der Waals surface area (Å²) in [6, 6.07) is 4.41. The van der Waals surface area contributed by atoms with Crippen LogP contribution in [0.2, 0.25) is 0 Å². The molecule has 98 valence electrons. The minimum absolute atomic E-state index is 0.215. The molecule has 18 heavy (non-hydrogen) atoms. The number of carbonyl (C=O) groups excluding carboxylic acids is 1. The van der Waals surface area contributed by atoms with Gasteiger partial charge in [-0.1, -0.05) is 22.4 Å². The highest BCUT2D eigenvalue weighted by Crippen LogP contribution is 2.30. The van der Waals surface area contributed by atoms with Crippen molar-refractivity contribution >= 4 is 37.8 Å². The van der Waals surface area contributed by atoms with Gasteiger partial charge < -0.3 is 5.32 Å². The van der Waals surface area contributed by atoms with Gasteiger partial charge in [0.05, 0.1) is 4.47 Å². The van der Waals surface area contributed by atoms with E-state index in [1.54, 1.807) is 12.1 Å². The number of alkyl halides is 1. The lowest BCUT2D eigenvalue weighted by Gasteiger charge is -2.14. The Kier molecular flexibility index (Phi) is 4.78. The third-order valence-corrected chi connectivity index (χ3v) is 5.12. The second-order valence-electron chi connectivity index (χ2n) is 4.55. The van der Waals surface area contributed by atoms with Crippen LogP contribution in [-0.4, -0.2) is 17.3 Å². The molecule has 1 amide bonds. The van der Waals surface area contributed by atoms with Crippen molar-refractivity contribution in [1.29, 1.82) is 0 Å². The van der Waals surface area contributed by atoms with Crippen molar-refractivity contribution in [2.24, 2.45) is 5.92 Å². The Morgan fingerprint density at radius 3 is 2.83 bits per heavy atom. The first-order valence-corrected chi connectivity index (χ1v) is 7.66. The maximum Gasteiger partial charge on any atom is 0.251 e. The molecule has 1 aromatic rings.